The summed E-state index contributed by atoms with van der Waals surface area (Å²) in [6.07, 6.45) is 11.0. The molecule has 3 aromatic heterocycles. The van der Waals surface area contributed by atoms with Crippen molar-refractivity contribution in [2.75, 3.05) is 5.32 Å². The Kier molecular flexibility index (Phi) is 9.52. The number of carboxylic acid groups (broad SMARTS) is 2. The summed E-state index contributed by atoms with van der Waals surface area (Å²) in [4.78, 5) is 54.0. The number of carbonyl (C=O) groups is 3. The van der Waals surface area contributed by atoms with Gasteiger partial charge in [-0.1, -0.05) is 61.2 Å². The third-order valence-electron chi connectivity index (χ3n) is 13.2. The number of hydrogen-bond acceptors (Lipinski definition) is 10. The molecule has 1 saturated heterocycles. The molecule has 2 aromatic carbocycles. The van der Waals surface area contributed by atoms with Gasteiger partial charge in [0, 0.05) is 41.9 Å². The number of carboxylic acids is 2. The molecule has 3 saturated carbocycles. The number of para-hydroxylation sites is 1. The lowest BCUT2D eigenvalue weighted by molar-refractivity contribution is -0.163. The Hall–Kier alpha value is -5.86. The van der Waals surface area contributed by atoms with Crippen LogP contribution in [0.25, 0.3) is 22.1 Å². The van der Waals surface area contributed by atoms with E-state index in [1.165, 1.54) is 22.8 Å². The Balaban J connectivity index is 0.000000125. The third kappa shape index (κ3) is 6.18. The van der Waals surface area contributed by atoms with E-state index in [-0.39, 0.29) is 12.3 Å². The maximum absolute atomic E-state index is 12.7. The molecule has 0 unspecified atom stereocenters. The van der Waals surface area contributed by atoms with Gasteiger partial charge < -0.3 is 40.4 Å². The van der Waals surface area contributed by atoms with E-state index in [0.717, 1.165) is 29.8 Å². The van der Waals surface area contributed by atoms with Gasteiger partial charge in [-0.25, -0.2) is 15.0 Å². The maximum Gasteiger partial charge on any atom is 0.316 e. The number of aliphatic carboxylic acids is 2. The normalized spacial score (nSPS) is 31.4. The first-order valence-electron chi connectivity index (χ1n) is 19.3. The molecule has 5 aliphatic rings. The van der Waals surface area contributed by atoms with Crippen LogP contribution in [0.2, 0.25) is 0 Å². The van der Waals surface area contributed by atoms with E-state index < -0.39 is 57.9 Å². The number of hydrogen-bond donors (Lipinski definition) is 7. The molecule has 8 atom stereocenters. The largest absolute Gasteiger partial charge is 0.481 e. The van der Waals surface area contributed by atoms with Crippen LogP contribution in [0, 0.1) is 28.6 Å². The lowest BCUT2D eigenvalue weighted by Crippen LogP contribution is -2.50. The van der Waals surface area contributed by atoms with Crippen LogP contribution >= 0.6 is 0 Å². The van der Waals surface area contributed by atoms with Gasteiger partial charge in [-0.2, -0.15) is 0 Å². The fourth-order valence-corrected chi connectivity index (χ4v) is 10.6. The smallest absolute Gasteiger partial charge is 0.316 e. The standard InChI is InChI=1S/C19H22O6.C12H11N5.C12H13NO2/c1-9-7-17-8-18(9,24)5-3-10(17)19-6-4-11(20)16(2,15(23)25-19)13(19)12(17)14(21)22;1-2-4-9(5-3-1)6-13-11-10-12(15-7-14-10)17-8-16-11;14-12(15)7-3-4-9-8-13-11-6-2-1-5-10(9)11/h4,6,10-13,20,24H,1,3,5,7-8H2,2H3,(H,21,22);1-5,7-8H,6H2,(H2,13,14,15,16,17);1-2,5-6,8,13H,3-4,7H2,(H,14,15)/t10-,11+,12-,13-,16+,17+,18+,19-;;/m1../s1. The number of nitrogens with zero attached hydrogens (tertiary/aromatic N) is 3. The molecule has 14 heteroatoms. The fraction of sp³-hybridized carbons (Fsp3) is 0.395. The molecule has 14 nitrogen and oxygen atoms in total. The number of ether oxygens (including phenoxy) is 1. The molecule has 0 amide bonds. The van der Waals surface area contributed by atoms with Crippen LogP contribution in [0.5, 0.6) is 0 Å². The zero-order valence-corrected chi connectivity index (χ0v) is 31.5. The average molecular weight is 775 g/mol. The molecule has 296 valence electrons. The molecule has 0 radical (unpaired) electrons. The zero-order valence-electron chi connectivity index (χ0n) is 31.5. The van der Waals surface area contributed by atoms with Gasteiger partial charge >= 0.3 is 17.9 Å². The zero-order chi connectivity index (χ0) is 40.2. The topological polar surface area (TPSA) is 224 Å². The number of benzene rings is 2. The van der Waals surface area contributed by atoms with E-state index in [1.807, 2.05) is 42.6 Å². The number of imidazole rings is 1. The van der Waals surface area contributed by atoms with Crippen molar-refractivity contribution in [3.63, 3.8) is 0 Å². The number of aryl methyl sites for hydroxylation is 1. The van der Waals surface area contributed by atoms with Crippen molar-refractivity contribution < 1.29 is 39.5 Å². The van der Waals surface area contributed by atoms with Crippen molar-refractivity contribution in [1.82, 2.24) is 24.9 Å². The summed E-state index contributed by atoms with van der Waals surface area (Å²) in [6, 6.07) is 18.2. The first-order chi connectivity index (χ1) is 27.3. The van der Waals surface area contributed by atoms with Gasteiger partial charge in [-0.05, 0) is 79.7 Å². The van der Waals surface area contributed by atoms with Crippen molar-refractivity contribution in [2.24, 2.45) is 28.6 Å². The summed E-state index contributed by atoms with van der Waals surface area (Å²) in [7, 11) is 0. The van der Waals surface area contributed by atoms with Gasteiger partial charge in [0.1, 0.15) is 22.9 Å². The van der Waals surface area contributed by atoms with Gasteiger partial charge in [-0.15, -0.1) is 0 Å². The van der Waals surface area contributed by atoms with Crippen LogP contribution in [0.4, 0.5) is 5.82 Å². The number of rotatable bonds is 8. The van der Waals surface area contributed by atoms with E-state index >= 15 is 0 Å². The number of aliphatic hydroxyl groups is 2. The van der Waals surface area contributed by atoms with Crippen LogP contribution in [0.15, 0.2) is 97.8 Å². The Labute approximate surface area is 328 Å². The number of fused-ring (bicyclic) bond motifs is 3. The van der Waals surface area contributed by atoms with E-state index in [9.17, 15) is 29.7 Å². The summed E-state index contributed by atoms with van der Waals surface area (Å²) in [5, 5.41) is 44.6. The minimum atomic E-state index is -1.27. The molecule has 4 heterocycles. The Morgan fingerprint density at radius 3 is 2.60 bits per heavy atom. The molecule has 57 heavy (non-hydrogen) atoms. The van der Waals surface area contributed by atoms with Crippen LogP contribution in [-0.2, 0) is 32.1 Å². The van der Waals surface area contributed by atoms with Crippen molar-refractivity contribution in [2.45, 2.75) is 75.7 Å². The fourth-order valence-electron chi connectivity index (χ4n) is 10.6. The summed E-state index contributed by atoms with van der Waals surface area (Å²) >= 11 is 0. The maximum atomic E-state index is 12.7. The molecule has 1 spiro atoms. The van der Waals surface area contributed by atoms with Crippen molar-refractivity contribution in [3.05, 3.63) is 109 Å². The highest BCUT2D eigenvalue weighted by molar-refractivity contribution is 5.87. The molecule has 1 aliphatic heterocycles. The van der Waals surface area contributed by atoms with Crippen molar-refractivity contribution in [3.8, 4) is 0 Å². The Morgan fingerprint density at radius 1 is 1.05 bits per heavy atom. The predicted molar refractivity (Wildman–Crippen MR) is 209 cm³/mol. The van der Waals surface area contributed by atoms with E-state index in [0.29, 0.717) is 43.3 Å². The van der Waals surface area contributed by atoms with Crippen LogP contribution in [0.3, 0.4) is 0 Å². The Morgan fingerprint density at radius 2 is 1.82 bits per heavy atom. The van der Waals surface area contributed by atoms with E-state index in [2.05, 4.69) is 55.0 Å². The highest BCUT2D eigenvalue weighted by Gasteiger charge is 2.83. The highest BCUT2D eigenvalue weighted by atomic mass is 16.6. The molecular formula is C43H46N6O8. The molecule has 10 rings (SSSR count). The van der Waals surface area contributed by atoms with Crippen LogP contribution in [0.1, 0.15) is 56.6 Å². The summed E-state index contributed by atoms with van der Waals surface area (Å²) in [5.41, 5.74) is 1.74. The molecule has 4 aliphatic carbocycles. The number of carbonyl (C=O) groups excluding carboxylic acids is 1. The molecule has 4 fully saturated rings. The predicted octanol–water partition coefficient (Wildman–Crippen LogP) is 5.57. The quantitative estimate of drug-likeness (QED) is 0.0760. The Bertz CT molecular complexity index is 2390. The molecule has 5 aromatic rings. The van der Waals surface area contributed by atoms with Crippen LogP contribution in [-0.4, -0.2) is 80.6 Å². The molecule has 4 bridgehead atoms. The minimum absolute atomic E-state index is 0.180. The van der Waals surface area contributed by atoms with Crippen LogP contribution < -0.4 is 5.32 Å². The van der Waals surface area contributed by atoms with Gasteiger partial charge in [0.05, 0.1) is 24.0 Å². The minimum Gasteiger partial charge on any atom is -0.481 e. The number of aromatic amines is 2. The number of nitrogens with one attached hydrogen (secondary N) is 3. The van der Waals surface area contributed by atoms with Gasteiger partial charge in [0.15, 0.2) is 11.5 Å². The number of anilines is 1. The molecular weight excluding hydrogens is 729 g/mol. The average Bonchev–Trinajstić information content (AvgIpc) is 3.96. The van der Waals surface area contributed by atoms with Crippen molar-refractivity contribution in [1.29, 1.82) is 0 Å². The summed E-state index contributed by atoms with van der Waals surface area (Å²) in [6.45, 7) is 6.37. The monoisotopic (exact) mass is 774 g/mol. The van der Waals surface area contributed by atoms with Gasteiger partial charge in [0.25, 0.3) is 0 Å². The number of aromatic nitrogens is 5. The van der Waals surface area contributed by atoms with E-state index in [4.69, 9.17) is 9.84 Å². The number of H-pyrrole nitrogens is 2. The van der Waals surface area contributed by atoms with Crippen molar-refractivity contribution >= 4 is 45.8 Å². The van der Waals surface area contributed by atoms with Gasteiger partial charge in [0.2, 0.25) is 0 Å². The first kappa shape index (κ1) is 38.0. The van der Waals surface area contributed by atoms with E-state index in [1.54, 1.807) is 25.4 Å². The SMILES string of the molecule is C=C1C[C@]23C[C@@]1(O)CC[C@H]2[C@@]12C=C[C@H](O)[C@](C)(C(=O)O1)[C@H]2[C@@H]3C(=O)O.O=C(O)CCCc1c[nH]c2ccccc12.c1ccc(CNc2ncnc3nc[nH]c23)cc1. The lowest BCUT2D eigenvalue weighted by Gasteiger charge is -2.44. The summed E-state index contributed by atoms with van der Waals surface area (Å²) in [5.74, 6) is -3.13. The summed E-state index contributed by atoms with van der Waals surface area (Å²) < 4.78 is 5.87. The highest BCUT2D eigenvalue weighted by Crippen LogP contribution is 2.77. The molecule has 7 N–H and O–H groups in total. The lowest BCUT2D eigenvalue weighted by atomic mass is 9.61. The second kappa shape index (κ2) is 14.3. The number of aliphatic hydroxyl groups excluding tert-OH is 1. The number of esters is 1. The third-order valence-corrected chi connectivity index (χ3v) is 13.2. The first-order valence-corrected chi connectivity index (χ1v) is 19.3. The second-order valence-electron chi connectivity index (χ2n) is 16.2. The van der Waals surface area contributed by atoms with Gasteiger partial charge in [-0.3, -0.25) is 14.4 Å². The second-order valence-corrected chi connectivity index (χ2v) is 16.2.